The Labute approximate surface area is 122 Å². The lowest BCUT2D eigenvalue weighted by Gasteiger charge is -2.18. The molecule has 1 amide bonds. The van der Waals surface area contributed by atoms with Crippen LogP contribution in [0, 0.1) is 0 Å². The average molecular weight is 290 g/mol. The number of hydrogen-bond acceptors (Lipinski definition) is 5. The third-order valence-corrected chi connectivity index (χ3v) is 3.05. The second kappa shape index (κ2) is 6.85. The van der Waals surface area contributed by atoms with E-state index in [0.29, 0.717) is 6.54 Å². The third kappa shape index (κ3) is 3.57. The van der Waals surface area contributed by atoms with E-state index < -0.39 is 0 Å². The van der Waals surface area contributed by atoms with Gasteiger partial charge in [0.05, 0.1) is 13.3 Å². The molecule has 0 unspecified atom stereocenters. The predicted molar refractivity (Wildman–Crippen MR) is 76.1 cm³/mol. The van der Waals surface area contributed by atoms with Gasteiger partial charge < -0.3 is 14.8 Å². The minimum atomic E-state index is -0.304. The van der Waals surface area contributed by atoms with Gasteiger partial charge in [0.2, 0.25) is 0 Å². The molecule has 112 valence electrons. The summed E-state index contributed by atoms with van der Waals surface area (Å²) in [7, 11) is 4.89. The van der Waals surface area contributed by atoms with Gasteiger partial charge in [-0.15, -0.1) is 5.10 Å². The van der Waals surface area contributed by atoms with Crippen LogP contribution in [-0.2, 0) is 11.8 Å². The Balaban J connectivity index is 2.04. The van der Waals surface area contributed by atoms with Gasteiger partial charge in [-0.2, -0.15) is 0 Å². The Bertz CT molecular complexity index is 612. The summed E-state index contributed by atoms with van der Waals surface area (Å²) >= 11 is 0. The number of amides is 1. The lowest BCUT2D eigenvalue weighted by atomic mass is 10.1. The van der Waals surface area contributed by atoms with Crippen LogP contribution in [0.3, 0.4) is 0 Å². The maximum atomic E-state index is 12.0. The van der Waals surface area contributed by atoms with Crippen LogP contribution in [0.2, 0.25) is 0 Å². The third-order valence-electron chi connectivity index (χ3n) is 3.05. The van der Waals surface area contributed by atoms with Gasteiger partial charge in [-0.25, -0.2) is 0 Å². The number of carbonyl (C=O) groups is 1. The van der Waals surface area contributed by atoms with Gasteiger partial charge in [-0.3, -0.25) is 9.48 Å². The Morgan fingerprint density at radius 3 is 2.76 bits per heavy atom. The van der Waals surface area contributed by atoms with Crippen LogP contribution in [-0.4, -0.2) is 41.7 Å². The molecule has 0 aliphatic rings. The molecule has 0 aliphatic carbocycles. The maximum absolute atomic E-state index is 12.0. The van der Waals surface area contributed by atoms with E-state index in [9.17, 15) is 4.79 Å². The van der Waals surface area contributed by atoms with Crippen LogP contribution >= 0.6 is 0 Å². The van der Waals surface area contributed by atoms with Gasteiger partial charge in [0, 0.05) is 26.3 Å². The summed E-state index contributed by atoms with van der Waals surface area (Å²) in [5.74, 6) is 0.429. The second-order valence-corrected chi connectivity index (χ2v) is 4.45. The number of carbonyl (C=O) groups excluding carboxylic acids is 1. The van der Waals surface area contributed by atoms with Crippen molar-refractivity contribution in [1.82, 2.24) is 20.3 Å². The van der Waals surface area contributed by atoms with E-state index in [-0.39, 0.29) is 17.7 Å². The summed E-state index contributed by atoms with van der Waals surface area (Å²) in [5, 5.41) is 10.3. The molecular formula is C14H18N4O3. The number of hydrogen-bond donors (Lipinski definition) is 1. The highest BCUT2D eigenvalue weighted by Gasteiger charge is 2.17. The number of benzene rings is 1. The van der Waals surface area contributed by atoms with Crippen molar-refractivity contribution in [1.29, 1.82) is 0 Å². The predicted octanol–water partition coefficient (Wildman–Crippen LogP) is 0.941. The van der Waals surface area contributed by atoms with E-state index in [1.165, 1.54) is 4.68 Å². The van der Waals surface area contributed by atoms with Crippen molar-refractivity contribution in [3.63, 3.8) is 0 Å². The molecule has 0 radical (unpaired) electrons. The van der Waals surface area contributed by atoms with Crippen molar-refractivity contribution < 1.29 is 14.3 Å². The minimum absolute atomic E-state index is 0.271. The molecule has 1 aromatic heterocycles. The molecule has 7 heteroatoms. The average Bonchev–Trinajstić information content (AvgIpc) is 2.94. The van der Waals surface area contributed by atoms with Crippen molar-refractivity contribution in [3.05, 3.63) is 41.7 Å². The zero-order valence-corrected chi connectivity index (χ0v) is 12.2. The first-order chi connectivity index (χ1) is 10.2. The zero-order valence-electron chi connectivity index (χ0n) is 12.2. The van der Waals surface area contributed by atoms with Gasteiger partial charge in [0.25, 0.3) is 5.91 Å². The molecule has 1 atom stereocenters. The molecule has 2 rings (SSSR count). The van der Waals surface area contributed by atoms with Gasteiger partial charge in [0.1, 0.15) is 11.9 Å². The molecule has 2 aromatic rings. The van der Waals surface area contributed by atoms with Crippen LogP contribution in [0.15, 0.2) is 30.5 Å². The first-order valence-electron chi connectivity index (χ1n) is 6.46. The van der Waals surface area contributed by atoms with Crippen LogP contribution in [0.5, 0.6) is 5.75 Å². The van der Waals surface area contributed by atoms with Crippen LogP contribution in [0.4, 0.5) is 0 Å². The lowest BCUT2D eigenvalue weighted by molar-refractivity contribution is 0.0815. The molecule has 0 saturated carbocycles. The van der Waals surface area contributed by atoms with Gasteiger partial charge in [-0.1, -0.05) is 23.4 Å². The number of nitrogens with zero attached hydrogens (tertiary/aromatic N) is 3. The molecule has 1 aromatic carbocycles. The number of aromatic nitrogens is 3. The molecule has 21 heavy (non-hydrogen) atoms. The van der Waals surface area contributed by atoms with Crippen LogP contribution in [0.1, 0.15) is 22.2 Å². The molecule has 0 fully saturated rings. The first kappa shape index (κ1) is 15.0. The fourth-order valence-electron chi connectivity index (χ4n) is 1.98. The smallest absolute Gasteiger partial charge is 0.273 e. The monoisotopic (exact) mass is 290 g/mol. The van der Waals surface area contributed by atoms with Crippen molar-refractivity contribution in [2.45, 2.75) is 6.10 Å². The SMILES string of the molecule is COc1ccccc1[C@H](CNC(=O)c1cn(C)nn1)OC. The standard InChI is InChI=1S/C14H18N4O3/c1-18-9-11(16-17-18)14(19)15-8-13(21-3)10-6-4-5-7-12(10)20-2/h4-7,9,13H,8H2,1-3H3,(H,15,19)/t13-/m0/s1. The summed E-state index contributed by atoms with van der Waals surface area (Å²) < 4.78 is 12.2. The van der Waals surface area contributed by atoms with E-state index in [1.54, 1.807) is 27.5 Å². The number of para-hydroxylation sites is 1. The van der Waals surface area contributed by atoms with E-state index in [1.807, 2.05) is 24.3 Å². The highest BCUT2D eigenvalue weighted by molar-refractivity contribution is 5.91. The highest BCUT2D eigenvalue weighted by atomic mass is 16.5. The Kier molecular flexibility index (Phi) is 4.89. The fraction of sp³-hybridized carbons (Fsp3) is 0.357. The van der Waals surface area contributed by atoms with E-state index in [0.717, 1.165) is 11.3 Å². The lowest BCUT2D eigenvalue weighted by Crippen LogP contribution is -2.29. The highest BCUT2D eigenvalue weighted by Crippen LogP contribution is 2.26. The molecule has 1 heterocycles. The van der Waals surface area contributed by atoms with E-state index >= 15 is 0 Å². The quantitative estimate of drug-likeness (QED) is 0.856. The summed E-state index contributed by atoms with van der Waals surface area (Å²) in [6, 6.07) is 7.54. The van der Waals surface area contributed by atoms with Gasteiger partial charge in [0.15, 0.2) is 5.69 Å². The first-order valence-corrected chi connectivity index (χ1v) is 6.46. The van der Waals surface area contributed by atoms with Crippen LogP contribution < -0.4 is 10.1 Å². The molecule has 7 nitrogen and oxygen atoms in total. The molecule has 0 spiro atoms. The number of nitrogens with one attached hydrogen (secondary N) is 1. The summed E-state index contributed by atoms with van der Waals surface area (Å²) in [6.07, 6.45) is 1.25. The molecule has 1 N–H and O–H groups in total. The van der Waals surface area contributed by atoms with Crippen LogP contribution in [0.25, 0.3) is 0 Å². The van der Waals surface area contributed by atoms with Crippen molar-refractivity contribution >= 4 is 5.91 Å². The Morgan fingerprint density at radius 1 is 1.38 bits per heavy atom. The van der Waals surface area contributed by atoms with E-state index in [4.69, 9.17) is 9.47 Å². The van der Waals surface area contributed by atoms with Gasteiger partial charge >= 0.3 is 0 Å². The van der Waals surface area contributed by atoms with Crippen molar-refractivity contribution in [2.75, 3.05) is 20.8 Å². The Hall–Kier alpha value is -2.41. The number of ether oxygens (including phenoxy) is 2. The van der Waals surface area contributed by atoms with E-state index in [2.05, 4.69) is 15.6 Å². The largest absolute Gasteiger partial charge is 0.496 e. The second-order valence-electron chi connectivity index (χ2n) is 4.45. The molecular weight excluding hydrogens is 272 g/mol. The molecule has 0 saturated heterocycles. The summed E-state index contributed by atoms with van der Waals surface area (Å²) in [4.78, 5) is 12.0. The summed E-state index contributed by atoms with van der Waals surface area (Å²) in [6.45, 7) is 0.312. The molecule has 0 bridgehead atoms. The summed E-state index contributed by atoms with van der Waals surface area (Å²) in [5.41, 5.74) is 1.15. The normalized spacial score (nSPS) is 12.0. The number of aryl methyl sites for hydroxylation is 1. The topological polar surface area (TPSA) is 78.3 Å². The Morgan fingerprint density at radius 2 is 2.14 bits per heavy atom. The van der Waals surface area contributed by atoms with Gasteiger partial charge in [-0.05, 0) is 6.07 Å². The zero-order chi connectivity index (χ0) is 15.2. The van der Waals surface area contributed by atoms with Crippen molar-refractivity contribution in [3.8, 4) is 5.75 Å². The van der Waals surface area contributed by atoms with Crippen molar-refractivity contribution in [2.24, 2.45) is 7.05 Å². The molecule has 0 aliphatic heterocycles. The number of rotatable bonds is 6. The minimum Gasteiger partial charge on any atom is -0.496 e. The fourth-order valence-corrected chi connectivity index (χ4v) is 1.98. The maximum Gasteiger partial charge on any atom is 0.273 e. The number of methoxy groups -OCH3 is 2.